The van der Waals surface area contributed by atoms with Gasteiger partial charge in [0.1, 0.15) is 17.0 Å². The summed E-state index contributed by atoms with van der Waals surface area (Å²) < 4.78 is 7.48. The first kappa shape index (κ1) is 17.3. The SMILES string of the molecule is CCCc1ncnc2sc3c4c(c(N5CCCC5)nc3c12)COC(C)(C)C4. The molecule has 0 unspecified atom stereocenters. The molecule has 5 heterocycles. The second kappa shape index (κ2) is 6.38. The van der Waals surface area contributed by atoms with E-state index in [1.54, 1.807) is 17.7 Å². The van der Waals surface area contributed by atoms with Gasteiger partial charge in [0.05, 0.1) is 33.5 Å². The highest BCUT2D eigenvalue weighted by Crippen LogP contribution is 2.43. The molecule has 3 aromatic heterocycles. The summed E-state index contributed by atoms with van der Waals surface area (Å²) in [6.45, 7) is 9.41. The number of hydrogen-bond acceptors (Lipinski definition) is 6. The lowest BCUT2D eigenvalue weighted by Crippen LogP contribution is -2.33. The standard InChI is InChI=1S/C21H26N4OS/c1-4-7-15-16-17-18(27-20(16)23-12-22-15)13-10-21(2,3)26-11-14(13)19(24-17)25-8-5-6-9-25/h12H,4-11H2,1-3H3. The average Bonchev–Trinajstić information content (AvgIpc) is 3.28. The van der Waals surface area contributed by atoms with Gasteiger partial charge in [0.25, 0.3) is 0 Å². The Kier molecular flexibility index (Phi) is 4.09. The summed E-state index contributed by atoms with van der Waals surface area (Å²) in [5, 5.41) is 1.17. The van der Waals surface area contributed by atoms with Gasteiger partial charge in [-0.2, -0.15) is 0 Å². The van der Waals surface area contributed by atoms with Gasteiger partial charge in [-0.1, -0.05) is 13.3 Å². The second-order valence-electron chi connectivity index (χ2n) is 8.34. The molecule has 142 valence electrons. The lowest BCUT2D eigenvalue weighted by Gasteiger charge is -2.34. The van der Waals surface area contributed by atoms with Crippen LogP contribution in [0, 0.1) is 0 Å². The highest BCUT2D eigenvalue weighted by atomic mass is 32.1. The Balaban J connectivity index is 1.83. The van der Waals surface area contributed by atoms with Crippen LogP contribution >= 0.6 is 11.3 Å². The Morgan fingerprint density at radius 3 is 2.78 bits per heavy atom. The van der Waals surface area contributed by atoms with E-state index in [0.717, 1.165) is 54.2 Å². The van der Waals surface area contributed by atoms with Crippen LogP contribution in [-0.4, -0.2) is 33.6 Å². The number of pyridine rings is 1. The molecule has 0 aromatic carbocycles. The van der Waals surface area contributed by atoms with Crippen molar-refractivity contribution < 1.29 is 4.74 Å². The molecule has 27 heavy (non-hydrogen) atoms. The molecule has 5 rings (SSSR count). The lowest BCUT2D eigenvalue weighted by atomic mass is 9.91. The number of rotatable bonds is 3. The van der Waals surface area contributed by atoms with Gasteiger partial charge in [-0.25, -0.2) is 15.0 Å². The third kappa shape index (κ3) is 2.81. The predicted molar refractivity (Wildman–Crippen MR) is 111 cm³/mol. The van der Waals surface area contributed by atoms with Gasteiger partial charge in [0.15, 0.2) is 0 Å². The van der Waals surface area contributed by atoms with Crippen molar-refractivity contribution in [1.82, 2.24) is 15.0 Å². The minimum Gasteiger partial charge on any atom is -0.370 e. The molecule has 0 N–H and O–H groups in total. The molecule has 5 nitrogen and oxygen atoms in total. The topological polar surface area (TPSA) is 51.1 Å². The number of nitrogens with zero attached hydrogens (tertiary/aromatic N) is 4. The Morgan fingerprint density at radius 2 is 2.00 bits per heavy atom. The molecular weight excluding hydrogens is 356 g/mol. The summed E-state index contributed by atoms with van der Waals surface area (Å²) in [6.07, 6.45) is 7.17. The largest absolute Gasteiger partial charge is 0.370 e. The fourth-order valence-corrected chi connectivity index (χ4v) is 5.61. The van der Waals surface area contributed by atoms with Crippen molar-refractivity contribution in [2.24, 2.45) is 0 Å². The average molecular weight is 383 g/mol. The number of hydrogen-bond donors (Lipinski definition) is 0. The molecule has 0 spiro atoms. The van der Waals surface area contributed by atoms with Gasteiger partial charge < -0.3 is 9.64 Å². The van der Waals surface area contributed by atoms with E-state index >= 15 is 0 Å². The summed E-state index contributed by atoms with van der Waals surface area (Å²) in [5.41, 5.74) is 4.82. The normalized spacial score (nSPS) is 19.1. The molecule has 0 radical (unpaired) electrons. The molecule has 2 aliphatic heterocycles. The maximum Gasteiger partial charge on any atom is 0.135 e. The zero-order valence-electron chi connectivity index (χ0n) is 16.3. The maximum atomic E-state index is 6.19. The van der Waals surface area contributed by atoms with E-state index in [-0.39, 0.29) is 5.60 Å². The van der Waals surface area contributed by atoms with Gasteiger partial charge in [-0.05, 0) is 38.7 Å². The summed E-state index contributed by atoms with van der Waals surface area (Å²) in [7, 11) is 0. The number of anilines is 1. The van der Waals surface area contributed by atoms with Gasteiger partial charge in [0.2, 0.25) is 0 Å². The van der Waals surface area contributed by atoms with Crippen molar-refractivity contribution in [2.45, 2.75) is 65.1 Å². The van der Waals surface area contributed by atoms with Crippen molar-refractivity contribution in [1.29, 1.82) is 0 Å². The number of thiophene rings is 1. The smallest absolute Gasteiger partial charge is 0.135 e. The van der Waals surface area contributed by atoms with E-state index in [1.807, 2.05) is 0 Å². The van der Waals surface area contributed by atoms with Crippen LogP contribution in [0.3, 0.4) is 0 Å². The van der Waals surface area contributed by atoms with Gasteiger partial charge in [-0.3, -0.25) is 0 Å². The van der Waals surface area contributed by atoms with E-state index in [0.29, 0.717) is 6.61 Å². The summed E-state index contributed by atoms with van der Waals surface area (Å²) in [4.78, 5) is 17.9. The molecule has 0 bridgehead atoms. The summed E-state index contributed by atoms with van der Waals surface area (Å²) in [5.74, 6) is 1.14. The van der Waals surface area contributed by atoms with Crippen LogP contribution in [0.5, 0.6) is 0 Å². The van der Waals surface area contributed by atoms with Crippen LogP contribution in [0.4, 0.5) is 5.82 Å². The first-order valence-electron chi connectivity index (χ1n) is 10.0. The molecule has 0 aliphatic carbocycles. The fraction of sp³-hybridized carbons (Fsp3) is 0.571. The predicted octanol–water partition coefficient (Wildman–Crippen LogP) is 4.64. The van der Waals surface area contributed by atoms with Gasteiger partial charge in [0, 0.05) is 25.1 Å². The van der Waals surface area contributed by atoms with Crippen LogP contribution in [0.1, 0.15) is 56.9 Å². The monoisotopic (exact) mass is 382 g/mol. The van der Waals surface area contributed by atoms with Crippen LogP contribution in [0.25, 0.3) is 20.4 Å². The van der Waals surface area contributed by atoms with E-state index in [2.05, 4.69) is 35.6 Å². The molecule has 1 fully saturated rings. The van der Waals surface area contributed by atoms with E-state index in [4.69, 9.17) is 9.72 Å². The Labute approximate surface area is 163 Å². The van der Waals surface area contributed by atoms with Crippen molar-refractivity contribution in [2.75, 3.05) is 18.0 Å². The Hall–Kier alpha value is -1.79. The molecular formula is C21H26N4OS. The van der Waals surface area contributed by atoms with Crippen molar-refractivity contribution in [3.05, 3.63) is 23.1 Å². The van der Waals surface area contributed by atoms with Crippen LogP contribution < -0.4 is 4.90 Å². The molecule has 0 saturated carbocycles. The van der Waals surface area contributed by atoms with Crippen LogP contribution in [-0.2, 0) is 24.2 Å². The molecule has 2 aliphatic rings. The quantitative estimate of drug-likeness (QED) is 0.660. The van der Waals surface area contributed by atoms with Crippen molar-refractivity contribution in [3.63, 3.8) is 0 Å². The Morgan fingerprint density at radius 1 is 1.19 bits per heavy atom. The minimum absolute atomic E-state index is 0.141. The third-order valence-electron chi connectivity index (χ3n) is 5.77. The Bertz CT molecular complexity index is 1020. The van der Waals surface area contributed by atoms with Gasteiger partial charge >= 0.3 is 0 Å². The van der Waals surface area contributed by atoms with Gasteiger partial charge in [-0.15, -0.1) is 11.3 Å². The maximum absolute atomic E-state index is 6.19. The van der Waals surface area contributed by atoms with E-state index < -0.39 is 0 Å². The van der Waals surface area contributed by atoms with Crippen LogP contribution in [0.15, 0.2) is 6.33 Å². The molecule has 3 aromatic rings. The summed E-state index contributed by atoms with van der Waals surface area (Å²) >= 11 is 1.78. The fourth-order valence-electron chi connectivity index (χ4n) is 4.43. The van der Waals surface area contributed by atoms with Crippen molar-refractivity contribution >= 4 is 37.6 Å². The zero-order chi connectivity index (χ0) is 18.6. The van der Waals surface area contributed by atoms with E-state index in [9.17, 15) is 0 Å². The molecule has 1 saturated heterocycles. The second-order valence-corrected chi connectivity index (χ2v) is 9.34. The minimum atomic E-state index is -0.141. The highest BCUT2D eigenvalue weighted by Gasteiger charge is 2.33. The molecule has 0 amide bonds. The lowest BCUT2D eigenvalue weighted by molar-refractivity contribution is -0.0394. The number of aromatic nitrogens is 3. The highest BCUT2D eigenvalue weighted by molar-refractivity contribution is 7.25. The number of ether oxygens (including phenoxy) is 1. The first-order chi connectivity index (χ1) is 13.1. The first-order valence-corrected chi connectivity index (χ1v) is 10.9. The zero-order valence-corrected chi connectivity index (χ0v) is 17.2. The molecule has 6 heteroatoms. The number of aryl methyl sites for hydroxylation is 1. The third-order valence-corrected chi connectivity index (χ3v) is 6.92. The number of fused-ring (bicyclic) bond motifs is 5. The van der Waals surface area contributed by atoms with Crippen LogP contribution in [0.2, 0.25) is 0 Å². The molecule has 0 atom stereocenters. The van der Waals surface area contributed by atoms with Crippen molar-refractivity contribution in [3.8, 4) is 0 Å². The summed E-state index contributed by atoms with van der Waals surface area (Å²) in [6, 6.07) is 0. The van der Waals surface area contributed by atoms with E-state index in [1.165, 1.54) is 34.1 Å².